The third kappa shape index (κ3) is 2.37. The van der Waals surface area contributed by atoms with E-state index in [-0.39, 0.29) is 11.8 Å². The molecule has 114 valence electrons. The molecule has 2 heterocycles. The zero-order valence-electron chi connectivity index (χ0n) is 12.1. The van der Waals surface area contributed by atoms with Gasteiger partial charge in [-0.3, -0.25) is 14.7 Å². The van der Waals surface area contributed by atoms with Gasteiger partial charge in [-0.2, -0.15) is 17.7 Å². The number of hydrogen-bond acceptors (Lipinski definition) is 4. The third-order valence-electron chi connectivity index (χ3n) is 3.76. The van der Waals surface area contributed by atoms with Gasteiger partial charge in [-0.05, 0) is 24.1 Å². The predicted octanol–water partition coefficient (Wildman–Crippen LogP) is 1.40. The van der Waals surface area contributed by atoms with Crippen molar-refractivity contribution >= 4 is 30.1 Å². The van der Waals surface area contributed by atoms with Crippen molar-refractivity contribution < 1.29 is 9.59 Å². The maximum absolute atomic E-state index is 12.6. The standard InChI is InChI=1S/C15H16N4O2S/c1-16-14(20)12-11-5-6-19(15(21)13(11)18-17-12)10-4-2-3-9(7-10)8-22/h2-4,7,22H,5-6,8H2,1H3,(H,16,20)(H,17,18). The monoisotopic (exact) mass is 316 g/mol. The highest BCUT2D eigenvalue weighted by Gasteiger charge is 2.31. The van der Waals surface area contributed by atoms with Gasteiger partial charge >= 0.3 is 0 Å². The Morgan fingerprint density at radius 1 is 1.50 bits per heavy atom. The van der Waals surface area contributed by atoms with Crippen molar-refractivity contribution in [3.63, 3.8) is 0 Å². The quantitative estimate of drug-likeness (QED) is 0.749. The van der Waals surface area contributed by atoms with Gasteiger partial charge in [-0.1, -0.05) is 12.1 Å². The van der Waals surface area contributed by atoms with Crippen molar-refractivity contribution in [1.82, 2.24) is 15.5 Å². The second kappa shape index (κ2) is 5.84. The van der Waals surface area contributed by atoms with E-state index in [0.717, 1.165) is 11.3 Å². The van der Waals surface area contributed by atoms with Crippen molar-refractivity contribution in [1.29, 1.82) is 0 Å². The SMILES string of the molecule is CNC(=O)c1n[nH]c2c1CCN(c1cccc(CS)c1)C2=O. The van der Waals surface area contributed by atoms with Crippen LogP contribution in [0.3, 0.4) is 0 Å². The van der Waals surface area contributed by atoms with E-state index in [1.807, 2.05) is 24.3 Å². The van der Waals surface area contributed by atoms with E-state index in [0.29, 0.717) is 35.7 Å². The summed E-state index contributed by atoms with van der Waals surface area (Å²) in [5, 5.41) is 9.22. The summed E-state index contributed by atoms with van der Waals surface area (Å²) in [5.74, 6) is 0.169. The Morgan fingerprint density at radius 3 is 3.05 bits per heavy atom. The van der Waals surface area contributed by atoms with Crippen LogP contribution in [0.4, 0.5) is 5.69 Å². The Labute approximate surface area is 133 Å². The molecular formula is C15H16N4O2S. The summed E-state index contributed by atoms with van der Waals surface area (Å²) < 4.78 is 0. The number of aromatic amines is 1. The van der Waals surface area contributed by atoms with E-state index in [9.17, 15) is 9.59 Å². The molecule has 0 aliphatic carbocycles. The van der Waals surface area contributed by atoms with Crippen molar-refractivity contribution in [3.05, 3.63) is 46.8 Å². The topological polar surface area (TPSA) is 78.1 Å². The number of hydrogen-bond donors (Lipinski definition) is 3. The van der Waals surface area contributed by atoms with E-state index in [1.165, 1.54) is 0 Å². The number of benzene rings is 1. The molecule has 6 nitrogen and oxygen atoms in total. The van der Waals surface area contributed by atoms with Gasteiger partial charge in [0, 0.05) is 30.6 Å². The zero-order chi connectivity index (χ0) is 15.7. The smallest absolute Gasteiger partial charge is 0.276 e. The molecule has 1 aliphatic heterocycles. The van der Waals surface area contributed by atoms with Crippen molar-refractivity contribution in [3.8, 4) is 0 Å². The maximum atomic E-state index is 12.6. The summed E-state index contributed by atoms with van der Waals surface area (Å²) in [4.78, 5) is 26.1. The first kappa shape index (κ1) is 14.6. The van der Waals surface area contributed by atoms with E-state index in [2.05, 4.69) is 28.1 Å². The van der Waals surface area contributed by atoms with E-state index in [1.54, 1.807) is 11.9 Å². The molecule has 22 heavy (non-hydrogen) atoms. The van der Waals surface area contributed by atoms with Crippen LogP contribution in [0.25, 0.3) is 0 Å². The van der Waals surface area contributed by atoms with E-state index >= 15 is 0 Å². The lowest BCUT2D eigenvalue weighted by atomic mass is 10.0. The largest absolute Gasteiger partial charge is 0.354 e. The number of anilines is 1. The van der Waals surface area contributed by atoms with Crippen LogP contribution in [0.1, 0.15) is 32.1 Å². The van der Waals surface area contributed by atoms with Crippen LogP contribution in [0.5, 0.6) is 0 Å². The highest BCUT2D eigenvalue weighted by atomic mass is 32.1. The maximum Gasteiger partial charge on any atom is 0.276 e. The number of amides is 2. The molecule has 1 aliphatic rings. The van der Waals surface area contributed by atoms with Crippen LogP contribution in [0.2, 0.25) is 0 Å². The summed E-state index contributed by atoms with van der Waals surface area (Å²) in [6, 6.07) is 7.72. The number of fused-ring (bicyclic) bond motifs is 1. The lowest BCUT2D eigenvalue weighted by molar-refractivity contribution is 0.0957. The van der Waals surface area contributed by atoms with Crippen molar-refractivity contribution in [2.24, 2.45) is 0 Å². The van der Waals surface area contributed by atoms with Gasteiger partial charge < -0.3 is 10.2 Å². The number of carbonyl (C=O) groups is 2. The molecule has 7 heteroatoms. The molecule has 0 unspecified atom stereocenters. The Bertz CT molecular complexity index is 741. The van der Waals surface area contributed by atoms with E-state index in [4.69, 9.17) is 0 Å². The molecule has 0 bridgehead atoms. The fourth-order valence-corrected chi connectivity index (χ4v) is 2.82. The molecule has 0 atom stereocenters. The van der Waals surface area contributed by atoms with Crippen LogP contribution in [-0.4, -0.2) is 35.6 Å². The minimum Gasteiger partial charge on any atom is -0.354 e. The van der Waals surface area contributed by atoms with E-state index < -0.39 is 0 Å². The lowest BCUT2D eigenvalue weighted by Gasteiger charge is -2.27. The fraction of sp³-hybridized carbons (Fsp3) is 0.267. The first-order valence-electron chi connectivity index (χ1n) is 6.96. The lowest BCUT2D eigenvalue weighted by Crippen LogP contribution is -2.38. The number of aromatic nitrogens is 2. The molecule has 0 saturated carbocycles. The second-order valence-electron chi connectivity index (χ2n) is 5.04. The molecular weight excluding hydrogens is 300 g/mol. The molecule has 0 spiro atoms. The average Bonchev–Trinajstić information content (AvgIpc) is 2.99. The van der Waals surface area contributed by atoms with Gasteiger partial charge in [-0.15, -0.1) is 0 Å². The van der Waals surface area contributed by atoms with Gasteiger partial charge in [0.15, 0.2) is 5.69 Å². The van der Waals surface area contributed by atoms with Crippen LogP contribution >= 0.6 is 12.6 Å². The molecule has 0 saturated heterocycles. The summed E-state index contributed by atoms with van der Waals surface area (Å²) in [7, 11) is 1.54. The van der Waals surface area contributed by atoms with Gasteiger partial charge in [0.25, 0.3) is 11.8 Å². The molecule has 2 N–H and O–H groups in total. The van der Waals surface area contributed by atoms with Crippen molar-refractivity contribution in [2.75, 3.05) is 18.5 Å². The molecule has 1 aromatic carbocycles. The second-order valence-corrected chi connectivity index (χ2v) is 5.36. The third-order valence-corrected chi connectivity index (χ3v) is 4.12. The number of thiol groups is 1. The zero-order valence-corrected chi connectivity index (χ0v) is 13.0. The first-order valence-corrected chi connectivity index (χ1v) is 7.60. The summed E-state index contributed by atoms with van der Waals surface area (Å²) in [6.45, 7) is 0.519. The first-order chi connectivity index (χ1) is 10.7. The molecule has 0 radical (unpaired) electrons. The Kier molecular flexibility index (Phi) is 3.89. The van der Waals surface area contributed by atoms with Gasteiger partial charge in [-0.25, -0.2) is 0 Å². The van der Waals surface area contributed by atoms with Gasteiger partial charge in [0.05, 0.1) is 0 Å². The highest BCUT2D eigenvalue weighted by molar-refractivity contribution is 7.79. The molecule has 1 aromatic heterocycles. The number of H-pyrrole nitrogens is 1. The van der Waals surface area contributed by atoms with Gasteiger partial charge in [0.1, 0.15) is 5.69 Å². The Balaban J connectivity index is 1.95. The van der Waals surface area contributed by atoms with Crippen LogP contribution in [-0.2, 0) is 12.2 Å². The summed E-state index contributed by atoms with van der Waals surface area (Å²) >= 11 is 4.26. The minimum absolute atomic E-state index is 0.166. The van der Waals surface area contributed by atoms with Gasteiger partial charge in [0.2, 0.25) is 0 Å². The molecule has 2 aromatic rings. The highest BCUT2D eigenvalue weighted by Crippen LogP contribution is 2.26. The summed E-state index contributed by atoms with van der Waals surface area (Å²) in [6.07, 6.45) is 0.589. The number of nitrogens with one attached hydrogen (secondary N) is 2. The number of nitrogens with zero attached hydrogens (tertiary/aromatic N) is 2. The number of carbonyl (C=O) groups excluding carboxylic acids is 2. The normalized spacial score (nSPS) is 13.9. The minimum atomic E-state index is -0.282. The van der Waals surface area contributed by atoms with Crippen LogP contribution < -0.4 is 10.2 Å². The number of rotatable bonds is 3. The Morgan fingerprint density at radius 2 is 2.32 bits per heavy atom. The molecule has 3 rings (SSSR count). The fourth-order valence-electron chi connectivity index (χ4n) is 2.62. The molecule has 0 fully saturated rings. The predicted molar refractivity (Wildman–Crippen MR) is 86.5 cm³/mol. The Hall–Kier alpha value is -2.28. The van der Waals surface area contributed by atoms with Crippen LogP contribution in [0.15, 0.2) is 24.3 Å². The van der Waals surface area contributed by atoms with Crippen molar-refractivity contribution in [2.45, 2.75) is 12.2 Å². The molecule has 2 amide bonds. The summed E-state index contributed by atoms with van der Waals surface area (Å²) in [5.41, 5.74) is 3.26. The van der Waals surface area contributed by atoms with Crippen LogP contribution in [0, 0.1) is 0 Å². The average molecular weight is 316 g/mol.